The number of hydrogen-bond acceptors (Lipinski definition) is 4. The Morgan fingerprint density at radius 3 is 2.29 bits per heavy atom. The molecule has 0 bridgehead atoms. The van der Waals surface area contributed by atoms with Crippen LogP contribution >= 0.6 is 39.7 Å². The molecule has 1 aliphatic heterocycles. The number of thiocarbonyl (C=S) groups is 1. The predicted molar refractivity (Wildman–Crippen MR) is 144 cm³/mol. The molecule has 4 rings (SSSR count). The van der Waals surface area contributed by atoms with Crippen molar-refractivity contribution in [1.29, 1.82) is 0 Å². The molecule has 0 aromatic heterocycles. The number of anilines is 2. The molecule has 2 N–H and O–H groups in total. The fourth-order valence-electron chi connectivity index (χ4n) is 3.74. The Kier molecular flexibility index (Phi) is 7.82. The number of benzene rings is 3. The lowest BCUT2D eigenvalue weighted by Crippen LogP contribution is -2.49. The molecule has 174 valence electrons. The second-order valence-electron chi connectivity index (χ2n) is 7.72. The highest BCUT2D eigenvalue weighted by molar-refractivity contribution is 9.10. The lowest BCUT2D eigenvalue weighted by atomic mass is 10.1. The van der Waals surface area contributed by atoms with Crippen LogP contribution in [-0.2, 0) is 0 Å². The normalized spacial score (nSPS) is 13.4. The molecule has 0 spiro atoms. The Morgan fingerprint density at radius 2 is 1.59 bits per heavy atom. The maximum Gasteiger partial charge on any atom is 0.257 e. The summed E-state index contributed by atoms with van der Waals surface area (Å²) >= 11 is 14.7. The maximum absolute atomic E-state index is 12.8. The van der Waals surface area contributed by atoms with Crippen molar-refractivity contribution in [1.82, 2.24) is 10.2 Å². The Labute approximate surface area is 217 Å². The fourth-order valence-corrected chi connectivity index (χ4v) is 4.47. The second-order valence-corrected chi connectivity index (χ2v) is 9.48. The molecule has 0 atom stereocenters. The fraction of sp³-hybridized carbons (Fsp3) is 0.160. The van der Waals surface area contributed by atoms with E-state index in [2.05, 4.69) is 31.5 Å². The molecule has 3 aromatic rings. The molecule has 9 heteroatoms. The molecule has 34 heavy (non-hydrogen) atoms. The molecule has 6 nitrogen and oxygen atoms in total. The number of amides is 2. The number of halogens is 2. The van der Waals surface area contributed by atoms with Gasteiger partial charge in [-0.05, 0) is 66.8 Å². The summed E-state index contributed by atoms with van der Waals surface area (Å²) in [4.78, 5) is 29.4. The van der Waals surface area contributed by atoms with Crippen molar-refractivity contribution in [3.8, 4) is 0 Å². The van der Waals surface area contributed by atoms with Crippen molar-refractivity contribution >= 4 is 68.1 Å². The zero-order chi connectivity index (χ0) is 24.1. The Morgan fingerprint density at radius 1 is 0.882 bits per heavy atom. The van der Waals surface area contributed by atoms with Crippen LogP contribution in [0.5, 0.6) is 0 Å². The summed E-state index contributed by atoms with van der Waals surface area (Å²) in [6.45, 7) is 2.55. The molecule has 1 aliphatic rings. The first kappa shape index (κ1) is 24.2. The van der Waals surface area contributed by atoms with E-state index in [1.54, 1.807) is 42.5 Å². The second kappa shape index (κ2) is 11.0. The predicted octanol–water partition coefficient (Wildman–Crippen LogP) is 5.19. The summed E-state index contributed by atoms with van der Waals surface area (Å²) < 4.78 is 0.818. The Balaban J connectivity index is 1.38. The summed E-state index contributed by atoms with van der Waals surface area (Å²) in [5.41, 5.74) is 2.89. The third kappa shape index (κ3) is 5.94. The minimum Gasteiger partial charge on any atom is -0.366 e. The van der Waals surface area contributed by atoms with Crippen LogP contribution in [-0.4, -0.2) is 48.0 Å². The van der Waals surface area contributed by atoms with Gasteiger partial charge in [0.1, 0.15) is 0 Å². The van der Waals surface area contributed by atoms with Gasteiger partial charge in [0.25, 0.3) is 11.8 Å². The molecule has 1 fully saturated rings. The van der Waals surface area contributed by atoms with Gasteiger partial charge in [0.2, 0.25) is 0 Å². The van der Waals surface area contributed by atoms with E-state index >= 15 is 0 Å². The lowest BCUT2D eigenvalue weighted by Gasteiger charge is -2.37. The molecular formula is C25H22BrClN4O2S. The standard InChI is InChI=1S/C25H22BrClN4O2S/c26-19-5-3-4-18(16-19)23(32)29-25(34)28-21-6-1-2-7-22(21)30-12-14-31(15-13-30)24(33)17-8-10-20(27)11-9-17/h1-11,16H,12-15H2,(H2,28,29,32,34). The van der Waals surface area contributed by atoms with Gasteiger partial charge in [0.05, 0.1) is 11.4 Å². The number of nitrogens with zero attached hydrogens (tertiary/aromatic N) is 2. The lowest BCUT2D eigenvalue weighted by molar-refractivity contribution is 0.0746. The molecule has 0 radical (unpaired) electrons. The van der Waals surface area contributed by atoms with Crippen LogP contribution in [0, 0.1) is 0 Å². The van der Waals surface area contributed by atoms with E-state index in [1.165, 1.54) is 0 Å². The van der Waals surface area contributed by atoms with Crippen molar-refractivity contribution < 1.29 is 9.59 Å². The van der Waals surface area contributed by atoms with Gasteiger partial charge in [-0.15, -0.1) is 0 Å². The van der Waals surface area contributed by atoms with Crippen LogP contribution in [0.25, 0.3) is 0 Å². The molecule has 1 saturated heterocycles. The monoisotopic (exact) mass is 556 g/mol. The average Bonchev–Trinajstić information content (AvgIpc) is 2.84. The van der Waals surface area contributed by atoms with Gasteiger partial charge < -0.3 is 15.1 Å². The molecule has 0 unspecified atom stereocenters. The van der Waals surface area contributed by atoms with Crippen LogP contribution in [0.1, 0.15) is 20.7 Å². The van der Waals surface area contributed by atoms with Crippen LogP contribution < -0.4 is 15.5 Å². The first-order valence-corrected chi connectivity index (χ1v) is 12.3. The van der Waals surface area contributed by atoms with E-state index in [4.69, 9.17) is 23.8 Å². The van der Waals surface area contributed by atoms with E-state index in [9.17, 15) is 9.59 Å². The number of carbonyl (C=O) groups is 2. The molecular weight excluding hydrogens is 536 g/mol. The van der Waals surface area contributed by atoms with Crippen molar-refractivity contribution in [3.05, 3.63) is 93.4 Å². The average molecular weight is 558 g/mol. The summed E-state index contributed by atoms with van der Waals surface area (Å²) in [5.74, 6) is -0.287. The van der Waals surface area contributed by atoms with Gasteiger partial charge in [-0.1, -0.05) is 45.7 Å². The van der Waals surface area contributed by atoms with Crippen molar-refractivity contribution in [3.63, 3.8) is 0 Å². The van der Waals surface area contributed by atoms with Crippen molar-refractivity contribution in [2.75, 3.05) is 36.4 Å². The molecule has 1 heterocycles. The third-order valence-electron chi connectivity index (χ3n) is 5.46. The number of nitrogens with one attached hydrogen (secondary N) is 2. The maximum atomic E-state index is 12.8. The topological polar surface area (TPSA) is 64.7 Å². The SMILES string of the molecule is O=C(NC(=S)Nc1ccccc1N1CCN(C(=O)c2ccc(Cl)cc2)CC1)c1cccc(Br)c1. The van der Waals surface area contributed by atoms with Gasteiger partial charge in [0.15, 0.2) is 5.11 Å². The highest BCUT2D eigenvalue weighted by Crippen LogP contribution is 2.27. The van der Waals surface area contributed by atoms with Gasteiger partial charge in [-0.2, -0.15) is 0 Å². The number of piperazine rings is 1. The van der Waals surface area contributed by atoms with Crippen LogP contribution in [0.3, 0.4) is 0 Å². The van der Waals surface area contributed by atoms with E-state index in [-0.39, 0.29) is 16.9 Å². The van der Waals surface area contributed by atoms with E-state index in [0.29, 0.717) is 42.3 Å². The van der Waals surface area contributed by atoms with Crippen LogP contribution in [0.4, 0.5) is 11.4 Å². The smallest absolute Gasteiger partial charge is 0.257 e. The van der Waals surface area contributed by atoms with Gasteiger partial charge >= 0.3 is 0 Å². The first-order chi connectivity index (χ1) is 16.4. The third-order valence-corrected chi connectivity index (χ3v) is 6.41. The molecule has 2 amide bonds. The van der Waals surface area contributed by atoms with Crippen molar-refractivity contribution in [2.24, 2.45) is 0 Å². The first-order valence-electron chi connectivity index (χ1n) is 10.7. The van der Waals surface area contributed by atoms with Crippen LogP contribution in [0.2, 0.25) is 5.02 Å². The number of rotatable bonds is 4. The molecule has 3 aromatic carbocycles. The van der Waals surface area contributed by atoms with E-state index < -0.39 is 0 Å². The van der Waals surface area contributed by atoms with Gasteiger partial charge in [0, 0.05) is 46.8 Å². The molecule has 0 aliphatic carbocycles. The van der Waals surface area contributed by atoms with E-state index in [1.807, 2.05) is 35.2 Å². The quantitative estimate of drug-likeness (QED) is 0.432. The van der Waals surface area contributed by atoms with E-state index in [0.717, 1.165) is 15.8 Å². The largest absolute Gasteiger partial charge is 0.366 e. The van der Waals surface area contributed by atoms with Gasteiger partial charge in [-0.3, -0.25) is 14.9 Å². The van der Waals surface area contributed by atoms with Crippen molar-refractivity contribution in [2.45, 2.75) is 0 Å². The summed E-state index contributed by atoms with van der Waals surface area (Å²) in [6, 6.07) is 21.8. The Bertz CT molecular complexity index is 1210. The zero-order valence-electron chi connectivity index (χ0n) is 18.1. The number of para-hydroxylation sites is 2. The van der Waals surface area contributed by atoms with Crippen LogP contribution in [0.15, 0.2) is 77.3 Å². The summed E-state index contributed by atoms with van der Waals surface area (Å²) in [7, 11) is 0. The summed E-state index contributed by atoms with van der Waals surface area (Å²) in [5, 5.41) is 6.69. The highest BCUT2D eigenvalue weighted by atomic mass is 79.9. The number of carbonyl (C=O) groups excluding carboxylic acids is 2. The minimum atomic E-state index is -0.286. The molecule has 0 saturated carbocycles. The van der Waals surface area contributed by atoms with Gasteiger partial charge in [-0.25, -0.2) is 0 Å². The minimum absolute atomic E-state index is 0.000773. The Hall–Kier alpha value is -2.94. The zero-order valence-corrected chi connectivity index (χ0v) is 21.3. The highest BCUT2D eigenvalue weighted by Gasteiger charge is 2.23. The summed E-state index contributed by atoms with van der Waals surface area (Å²) in [6.07, 6.45) is 0. The number of hydrogen-bond donors (Lipinski definition) is 2.